The molecular formula is C16H20ClNO5S. The van der Waals surface area contributed by atoms with Crippen LogP contribution in [0.4, 0.5) is 0 Å². The molecule has 6 nitrogen and oxygen atoms in total. The van der Waals surface area contributed by atoms with Crippen LogP contribution in [0.1, 0.15) is 32.1 Å². The van der Waals surface area contributed by atoms with E-state index in [0.717, 1.165) is 19.3 Å². The first kappa shape index (κ1) is 17.5. The van der Waals surface area contributed by atoms with Gasteiger partial charge in [-0.05, 0) is 43.4 Å². The van der Waals surface area contributed by atoms with Crippen molar-refractivity contribution in [1.82, 2.24) is 4.31 Å². The smallest absolute Gasteiger partial charge is 0.322 e. The fraction of sp³-hybridized carbons (Fsp3) is 0.562. The molecule has 1 saturated carbocycles. The number of halogens is 1. The third-order valence-corrected chi connectivity index (χ3v) is 7.24. The number of carboxylic acid groups (broad SMARTS) is 1. The Kier molecular flexibility index (Phi) is 4.77. The van der Waals surface area contributed by atoms with Crippen LogP contribution in [-0.2, 0) is 14.8 Å². The molecule has 1 aliphatic carbocycles. The third kappa shape index (κ3) is 2.89. The van der Waals surface area contributed by atoms with Gasteiger partial charge < -0.3 is 9.84 Å². The zero-order valence-electron chi connectivity index (χ0n) is 13.3. The molecule has 0 radical (unpaired) electrons. The lowest BCUT2D eigenvalue weighted by Crippen LogP contribution is -2.46. The Balaban J connectivity index is 2.02. The van der Waals surface area contributed by atoms with Gasteiger partial charge in [-0.15, -0.1) is 0 Å². The van der Waals surface area contributed by atoms with Crippen LogP contribution in [0, 0.1) is 5.92 Å². The second-order valence-electron chi connectivity index (χ2n) is 6.33. The van der Waals surface area contributed by atoms with Gasteiger partial charge in [-0.3, -0.25) is 4.79 Å². The highest BCUT2D eigenvalue weighted by molar-refractivity contribution is 7.89. The monoisotopic (exact) mass is 373 g/mol. The van der Waals surface area contributed by atoms with Crippen LogP contribution in [-0.4, -0.2) is 43.0 Å². The highest BCUT2D eigenvalue weighted by Crippen LogP contribution is 2.43. The molecule has 24 heavy (non-hydrogen) atoms. The number of methoxy groups -OCH3 is 1. The number of carboxylic acids is 1. The summed E-state index contributed by atoms with van der Waals surface area (Å²) < 4.78 is 32.5. The number of hydrogen-bond acceptors (Lipinski definition) is 4. The van der Waals surface area contributed by atoms with Crippen LogP contribution < -0.4 is 4.74 Å². The molecule has 3 atom stereocenters. The van der Waals surface area contributed by atoms with Gasteiger partial charge in [0.2, 0.25) is 10.0 Å². The summed E-state index contributed by atoms with van der Waals surface area (Å²) in [6.07, 6.45) is 3.91. The van der Waals surface area contributed by atoms with Crippen LogP contribution in [0.15, 0.2) is 23.1 Å². The van der Waals surface area contributed by atoms with Gasteiger partial charge in [-0.1, -0.05) is 24.4 Å². The van der Waals surface area contributed by atoms with Crippen molar-refractivity contribution in [3.63, 3.8) is 0 Å². The summed E-state index contributed by atoms with van der Waals surface area (Å²) in [5.41, 5.74) is 0. The topological polar surface area (TPSA) is 83.9 Å². The Bertz CT molecular complexity index is 751. The summed E-state index contributed by atoms with van der Waals surface area (Å²) in [5.74, 6) is -0.599. The summed E-state index contributed by atoms with van der Waals surface area (Å²) >= 11 is 6.05. The van der Waals surface area contributed by atoms with Crippen molar-refractivity contribution in [2.24, 2.45) is 5.92 Å². The van der Waals surface area contributed by atoms with Gasteiger partial charge in [0.1, 0.15) is 11.8 Å². The Morgan fingerprint density at radius 2 is 2.04 bits per heavy atom. The molecule has 1 aromatic carbocycles. The Morgan fingerprint density at radius 3 is 2.67 bits per heavy atom. The van der Waals surface area contributed by atoms with Crippen molar-refractivity contribution in [2.45, 2.75) is 49.1 Å². The molecule has 1 aliphatic heterocycles. The van der Waals surface area contributed by atoms with Crippen LogP contribution in [0.5, 0.6) is 5.75 Å². The van der Waals surface area contributed by atoms with Gasteiger partial charge in [0, 0.05) is 6.04 Å². The lowest BCUT2D eigenvalue weighted by atomic mass is 9.85. The van der Waals surface area contributed by atoms with E-state index in [9.17, 15) is 18.3 Å². The molecule has 2 aliphatic rings. The second-order valence-corrected chi connectivity index (χ2v) is 8.58. The molecular weight excluding hydrogens is 354 g/mol. The number of fused-ring (bicyclic) bond motifs is 1. The van der Waals surface area contributed by atoms with Crippen molar-refractivity contribution in [3.8, 4) is 5.75 Å². The van der Waals surface area contributed by atoms with Gasteiger partial charge in [0.15, 0.2) is 0 Å². The Hall–Kier alpha value is -1.31. The van der Waals surface area contributed by atoms with Gasteiger partial charge in [0.25, 0.3) is 0 Å². The van der Waals surface area contributed by atoms with E-state index < -0.39 is 22.0 Å². The first-order chi connectivity index (χ1) is 11.4. The molecule has 1 N–H and O–H groups in total. The summed E-state index contributed by atoms with van der Waals surface area (Å²) in [4.78, 5) is 11.7. The normalized spacial score (nSPS) is 27.7. The molecule has 0 spiro atoms. The Labute approximate surface area is 146 Å². The number of nitrogens with zero attached hydrogens (tertiary/aromatic N) is 1. The van der Waals surface area contributed by atoms with E-state index >= 15 is 0 Å². The van der Waals surface area contributed by atoms with E-state index in [4.69, 9.17) is 16.3 Å². The van der Waals surface area contributed by atoms with E-state index in [2.05, 4.69) is 0 Å². The van der Waals surface area contributed by atoms with Gasteiger partial charge >= 0.3 is 5.97 Å². The number of sulfonamides is 1. The number of benzene rings is 1. The molecule has 0 aromatic heterocycles. The highest BCUT2D eigenvalue weighted by atomic mass is 35.5. The number of aliphatic carboxylic acids is 1. The first-order valence-electron chi connectivity index (χ1n) is 7.96. The van der Waals surface area contributed by atoms with Crippen LogP contribution in [0.25, 0.3) is 0 Å². The SMILES string of the molecule is COc1ccc(S(=O)(=O)N2C(C(=O)O)CC3CCCCC32)cc1Cl. The van der Waals surface area contributed by atoms with Crippen molar-refractivity contribution < 1.29 is 23.1 Å². The van der Waals surface area contributed by atoms with E-state index in [0.29, 0.717) is 18.6 Å². The molecule has 3 unspecified atom stereocenters. The molecule has 1 aromatic rings. The summed E-state index contributed by atoms with van der Waals surface area (Å²) in [5, 5.41) is 9.71. The van der Waals surface area contributed by atoms with Gasteiger partial charge in [-0.2, -0.15) is 4.31 Å². The van der Waals surface area contributed by atoms with Gasteiger partial charge in [0.05, 0.1) is 17.0 Å². The summed E-state index contributed by atoms with van der Waals surface area (Å²) in [6.45, 7) is 0. The van der Waals surface area contributed by atoms with E-state index in [1.165, 1.54) is 29.6 Å². The fourth-order valence-electron chi connectivity index (χ4n) is 3.90. The molecule has 0 amide bonds. The van der Waals surface area contributed by atoms with Crippen molar-refractivity contribution in [2.75, 3.05) is 7.11 Å². The molecule has 1 heterocycles. The Morgan fingerprint density at radius 1 is 1.33 bits per heavy atom. The predicted octanol–water partition coefficient (Wildman–Crippen LogP) is 2.76. The minimum Gasteiger partial charge on any atom is -0.495 e. The fourth-order valence-corrected chi connectivity index (χ4v) is 6.12. The maximum atomic E-state index is 13.1. The number of hydrogen-bond donors (Lipinski definition) is 1. The molecule has 132 valence electrons. The average Bonchev–Trinajstić information content (AvgIpc) is 2.95. The van der Waals surface area contributed by atoms with E-state index in [-0.39, 0.29) is 21.9 Å². The lowest BCUT2D eigenvalue weighted by molar-refractivity contribution is -0.141. The van der Waals surface area contributed by atoms with Crippen molar-refractivity contribution >= 4 is 27.6 Å². The zero-order valence-corrected chi connectivity index (χ0v) is 14.9. The van der Waals surface area contributed by atoms with Crippen molar-refractivity contribution in [3.05, 3.63) is 23.2 Å². The minimum absolute atomic E-state index is 0.00535. The number of carbonyl (C=O) groups is 1. The van der Waals surface area contributed by atoms with Crippen molar-refractivity contribution in [1.29, 1.82) is 0 Å². The molecule has 1 saturated heterocycles. The quantitative estimate of drug-likeness (QED) is 0.877. The molecule has 0 bridgehead atoms. The molecule has 2 fully saturated rings. The van der Waals surface area contributed by atoms with E-state index in [1.54, 1.807) is 0 Å². The predicted molar refractivity (Wildman–Crippen MR) is 88.8 cm³/mol. The standard InChI is InChI=1S/C16H20ClNO5S/c1-23-15-7-6-11(9-12(15)17)24(21,22)18-13-5-3-2-4-10(13)8-14(18)16(19)20/h6-7,9-10,13-14H,2-5,8H2,1H3,(H,19,20). The second kappa shape index (κ2) is 6.54. The third-order valence-electron chi connectivity index (χ3n) is 5.01. The van der Waals surface area contributed by atoms with Crippen LogP contribution >= 0.6 is 11.6 Å². The maximum Gasteiger partial charge on any atom is 0.322 e. The lowest BCUT2D eigenvalue weighted by Gasteiger charge is -2.32. The molecule has 8 heteroatoms. The zero-order chi connectivity index (χ0) is 17.5. The maximum absolute atomic E-state index is 13.1. The van der Waals surface area contributed by atoms with E-state index in [1.807, 2.05) is 0 Å². The van der Waals surface area contributed by atoms with Crippen LogP contribution in [0.3, 0.4) is 0 Å². The minimum atomic E-state index is -3.94. The largest absolute Gasteiger partial charge is 0.495 e. The number of ether oxygens (including phenoxy) is 1. The van der Waals surface area contributed by atoms with Gasteiger partial charge in [-0.25, -0.2) is 8.42 Å². The average molecular weight is 374 g/mol. The molecule has 3 rings (SSSR count). The highest BCUT2D eigenvalue weighted by Gasteiger charge is 2.51. The number of rotatable bonds is 4. The van der Waals surface area contributed by atoms with Crippen LogP contribution in [0.2, 0.25) is 5.02 Å². The summed E-state index contributed by atoms with van der Waals surface area (Å²) in [7, 11) is -2.49. The first-order valence-corrected chi connectivity index (χ1v) is 9.78. The summed E-state index contributed by atoms with van der Waals surface area (Å²) in [6, 6.07) is 2.97.